The van der Waals surface area contributed by atoms with E-state index < -0.39 is 10.1 Å². The van der Waals surface area contributed by atoms with Crippen molar-refractivity contribution in [2.75, 3.05) is 6.26 Å². The number of hydrogen-bond acceptors (Lipinski definition) is 5. The number of rotatable bonds is 3. The van der Waals surface area contributed by atoms with Crippen molar-refractivity contribution in [3.63, 3.8) is 0 Å². The highest BCUT2D eigenvalue weighted by molar-refractivity contribution is 7.85. The van der Waals surface area contributed by atoms with Crippen molar-refractivity contribution in [2.24, 2.45) is 0 Å². The monoisotopic (exact) mass is 202 g/mol. The third-order valence-electron chi connectivity index (χ3n) is 1.26. The highest BCUT2D eigenvalue weighted by atomic mass is 32.2. The van der Waals surface area contributed by atoms with Crippen LogP contribution in [-0.4, -0.2) is 24.6 Å². The fourth-order valence-corrected chi connectivity index (χ4v) is 0.996. The number of nitrogens with zero attached hydrogens (tertiary/aromatic N) is 2. The minimum Gasteiger partial charge on any atom is -0.264 e. The van der Waals surface area contributed by atoms with Crippen molar-refractivity contribution in [2.45, 2.75) is 13.5 Å². The first-order chi connectivity index (χ1) is 5.97. The van der Waals surface area contributed by atoms with E-state index >= 15 is 0 Å². The Morgan fingerprint density at radius 1 is 1.38 bits per heavy atom. The Balaban J connectivity index is 2.61. The van der Waals surface area contributed by atoms with Gasteiger partial charge in [0.15, 0.2) is 0 Å². The molecule has 0 aliphatic heterocycles. The van der Waals surface area contributed by atoms with E-state index in [9.17, 15) is 8.42 Å². The number of hydrogen-bond donors (Lipinski definition) is 0. The summed E-state index contributed by atoms with van der Waals surface area (Å²) < 4.78 is 25.7. The maximum absolute atomic E-state index is 10.6. The van der Waals surface area contributed by atoms with E-state index in [1.165, 1.54) is 6.20 Å². The lowest BCUT2D eigenvalue weighted by atomic mass is 10.4. The van der Waals surface area contributed by atoms with E-state index in [1.807, 2.05) is 0 Å². The van der Waals surface area contributed by atoms with Crippen molar-refractivity contribution >= 4 is 10.1 Å². The molecule has 0 fully saturated rings. The second-order valence-corrected chi connectivity index (χ2v) is 4.26. The summed E-state index contributed by atoms with van der Waals surface area (Å²) in [4.78, 5) is 7.87. The van der Waals surface area contributed by atoms with E-state index in [4.69, 9.17) is 0 Å². The second-order valence-electron chi connectivity index (χ2n) is 2.62. The third kappa shape index (κ3) is 3.95. The molecule has 1 heterocycles. The summed E-state index contributed by atoms with van der Waals surface area (Å²) in [6, 6.07) is 0. The summed E-state index contributed by atoms with van der Waals surface area (Å²) in [6.07, 6.45) is 4.04. The van der Waals surface area contributed by atoms with Crippen LogP contribution in [0.4, 0.5) is 0 Å². The first-order valence-electron chi connectivity index (χ1n) is 3.59. The molecule has 5 nitrogen and oxygen atoms in total. The van der Waals surface area contributed by atoms with Crippen LogP contribution in [0.3, 0.4) is 0 Å². The molecular weight excluding hydrogens is 192 g/mol. The van der Waals surface area contributed by atoms with Crippen molar-refractivity contribution in [1.29, 1.82) is 0 Å². The van der Waals surface area contributed by atoms with Crippen LogP contribution in [-0.2, 0) is 20.9 Å². The Labute approximate surface area is 76.9 Å². The SMILES string of the molecule is Cc1cnc(COS(C)(=O)=O)cn1. The van der Waals surface area contributed by atoms with Crippen LogP contribution in [0.15, 0.2) is 12.4 Å². The van der Waals surface area contributed by atoms with Gasteiger partial charge in [-0.1, -0.05) is 0 Å². The van der Waals surface area contributed by atoms with Gasteiger partial charge >= 0.3 is 0 Å². The molecule has 0 saturated heterocycles. The minimum absolute atomic E-state index is 0.0634. The van der Waals surface area contributed by atoms with Gasteiger partial charge in [0.2, 0.25) is 0 Å². The van der Waals surface area contributed by atoms with Gasteiger partial charge in [-0.3, -0.25) is 14.2 Å². The molecule has 0 N–H and O–H groups in total. The quantitative estimate of drug-likeness (QED) is 0.658. The molecular formula is C7H10N2O3S. The van der Waals surface area contributed by atoms with Gasteiger partial charge in [-0.2, -0.15) is 8.42 Å². The molecule has 0 saturated carbocycles. The topological polar surface area (TPSA) is 69.2 Å². The van der Waals surface area contributed by atoms with Gasteiger partial charge in [-0.05, 0) is 6.92 Å². The number of aromatic nitrogens is 2. The predicted octanol–water partition coefficient (Wildman–Crippen LogP) is 0.261. The average molecular weight is 202 g/mol. The Kier molecular flexibility index (Phi) is 2.94. The van der Waals surface area contributed by atoms with E-state index in [1.54, 1.807) is 13.1 Å². The second kappa shape index (κ2) is 3.80. The molecule has 0 atom stereocenters. The number of aryl methyl sites for hydroxylation is 1. The molecule has 13 heavy (non-hydrogen) atoms. The molecule has 0 bridgehead atoms. The lowest BCUT2D eigenvalue weighted by molar-refractivity contribution is 0.306. The van der Waals surface area contributed by atoms with Crippen LogP contribution in [0.2, 0.25) is 0 Å². The molecule has 72 valence electrons. The zero-order valence-corrected chi connectivity index (χ0v) is 8.21. The molecule has 0 aromatic carbocycles. The van der Waals surface area contributed by atoms with Crippen molar-refractivity contribution in [1.82, 2.24) is 9.97 Å². The molecule has 0 radical (unpaired) electrons. The van der Waals surface area contributed by atoms with E-state index in [-0.39, 0.29) is 6.61 Å². The Morgan fingerprint density at radius 2 is 2.08 bits per heavy atom. The molecule has 0 spiro atoms. The van der Waals surface area contributed by atoms with Crippen LogP contribution in [0, 0.1) is 6.92 Å². The summed E-state index contributed by atoms with van der Waals surface area (Å²) in [5, 5.41) is 0. The summed E-state index contributed by atoms with van der Waals surface area (Å²) in [6.45, 7) is 1.74. The smallest absolute Gasteiger partial charge is 0.264 e. The van der Waals surface area contributed by atoms with Gasteiger partial charge in [-0.15, -0.1) is 0 Å². The van der Waals surface area contributed by atoms with Gasteiger partial charge < -0.3 is 0 Å². The van der Waals surface area contributed by atoms with E-state index in [2.05, 4.69) is 14.2 Å². The molecule has 0 unspecified atom stereocenters. The standard InChI is InChI=1S/C7H10N2O3S/c1-6-3-9-7(4-8-6)5-12-13(2,10)11/h3-4H,5H2,1-2H3. The average Bonchev–Trinajstić information content (AvgIpc) is 2.02. The largest absolute Gasteiger partial charge is 0.264 e. The molecule has 1 aromatic rings. The highest BCUT2D eigenvalue weighted by Gasteiger charge is 2.03. The Hall–Kier alpha value is -1.01. The third-order valence-corrected chi connectivity index (χ3v) is 1.80. The summed E-state index contributed by atoms with van der Waals surface area (Å²) >= 11 is 0. The molecule has 0 aliphatic carbocycles. The lowest BCUT2D eigenvalue weighted by Gasteiger charge is -1.99. The Bertz CT molecular complexity index is 371. The highest BCUT2D eigenvalue weighted by Crippen LogP contribution is 1.98. The molecule has 0 amide bonds. The summed E-state index contributed by atoms with van der Waals surface area (Å²) in [5.74, 6) is 0. The maximum Gasteiger partial charge on any atom is 0.264 e. The predicted molar refractivity (Wildman–Crippen MR) is 46.4 cm³/mol. The van der Waals surface area contributed by atoms with E-state index in [0.29, 0.717) is 5.69 Å². The van der Waals surface area contributed by atoms with Crippen LogP contribution < -0.4 is 0 Å². The van der Waals surface area contributed by atoms with Gasteiger partial charge in [0.25, 0.3) is 10.1 Å². The van der Waals surface area contributed by atoms with Crippen molar-refractivity contribution in [3.05, 3.63) is 23.8 Å². The summed E-state index contributed by atoms with van der Waals surface area (Å²) in [5.41, 5.74) is 1.28. The van der Waals surface area contributed by atoms with Crippen LogP contribution in [0.25, 0.3) is 0 Å². The van der Waals surface area contributed by atoms with Gasteiger partial charge in [0.05, 0.1) is 23.8 Å². The normalized spacial score (nSPS) is 11.5. The minimum atomic E-state index is -3.40. The van der Waals surface area contributed by atoms with Gasteiger partial charge in [0.1, 0.15) is 6.61 Å². The van der Waals surface area contributed by atoms with E-state index in [0.717, 1.165) is 11.9 Å². The van der Waals surface area contributed by atoms with Crippen molar-refractivity contribution < 1.29 is 12.6 Å². The first kappa shape index (κ1) is 10.1. The van der Waals surface area contributed by atoms with Crippen LogP contribution >= 0.6 is 0 Å². The van der Waals surface area contributed by atoms with Crippen molar-refractivity contribution in [3.8, 4) is 0 Å². The maximum atomic E-state index is 10.6. The molecule has 1 aromatic heterocycles. The molecule has 0 aliphatic rings. The Morgan fingerprint density at radius 3 is 2.54 bits per heavy atom. The van der Waals surface area contributed by atoms with Crippen LogP contribution in [0.5, 0.6) is 0 Å². The van der Waals surface area contributed by atoms with Crippen LogP contribution in [0.1, 0.15) is 11.4 Å². The zero-order chi connectivity index (χ0) is 9.90. The zero-order valence-electron chi connectivity index (χ0n) is 7.39. The fourth-order valence-electron chi connectivity index (χ4n) is 0.661. The summed E-state index contributed by atoms with van der Waals surface area (Å²) in [7, 11) is -3.40. The van der Waals surface area contributed by atoms with Gasteiger partial charge in [0, 0.05) is 6.20 Å². The first-order valence-corrected chi connectivity index (χ1v) is 5.41. The fraction of sp³-hybridized carbons (Fsp3) is 0.429. The molecule has 1 rings (SSSR count). The molecule has 6 heteroatoms. The van der Waals surface area contributed by atoms with Gasteiger partial charge in [-0.25, -0.2) is 0 Å². The lowest BCUT2D eigenvalue weighted by Crippen LogP contribution is -2.04.